The van der Waals surface area contributed by atoms with Gasteiger partial charge in [-0.3, -0.25) is 4.79 Å². The predicted octanol–water partition coefficient (Wildman–Crippen LogP) is 3.13. The minimum absolute atomic E-state index is 0.0273. The zero-order chi connectivity index (χ0) is 23.8. The molecule has 1 unspecified atom stereocenters. The van der Waals surface area contributed by atoms with Crippen LogP contribution in [0.2, 0.25) is 0 Å². The first-order valence-corrected chi connectivity index (χ1v) is 12.4. The van der Waals surface area contributed by atoms with Crippen LogP contribution >= 0.6 is 0 Å². The summed E-state index contributed by atoms with van der Waals surface area (Å²) in [5.74, 6) is -0.279. The van der Waals surface area contributed by atoms with Gasteiger partial charge in [0.25, 0.3) is 15.9 Å². The van der Waals surface area contributed by atoms with Crippen LogP contribution in [-0.4, -0.2) is 48.6 Å². The summed E-state index contributed by atoms with van der Waals surface area (Å²) in [6.45, 7) is 5.98. The molecule has 11 heteroatoms. The van der Waals surface area contributed by atoms with Crippen LogP contribution in [0.5, 0.6) is 0 Å². The standard InChI is InChI=1S/C22H27N5O5S/c1-14(2)27-19(10-11-23-27)24-21(28)15(3)32-22(29)16-8-9-17-18(13-16)33(30,31)25-20-7-5-4-6-12-26(17)20/h8-11,13-15H,4-7,12H2,1-3H3,(H,24,28). The fraction of sp³-hybridized carbons (Fsp3) is 0.455. The summed E-state index contributed by atoms with van der Waals surface area (Å²) in [6, 6.07) is 6.09. The van der Waals surface area contributed by atoms with Gasteiger partial charge in [-0.15, -0.1) is 4.40 Å². The third-order valence-electron chi connectivity index (χ3n) is 5.65. The highest BCUT2D eigenvalue weighted by atomic mass is 32.2. The van der Waals surface area contributed by atoms with Crippen LogP contribution in [0.25, 0.3) is 0 Å². The average Bonchev–Trinajstić information content (AvgIpc) is 3.11. The molecule has 1 aromatic carbocycles. The summed E-state index contributed by atoms with van der Waals surface area (Å²) in [5, 5.41) is 6.84. The van der Waals surface area contributed by atoms with Crippen molar-refractivity contribution in [3.8, 4) is 0 Å². The number of benzene rings is 1. The van der Waals surface area contributed by atoms with E-state index in [1.807, 2.05) is 18.7 Å². The number of hydrogen-bond donors (Lipinski definition) is 1. The van der Waals surface area contributed by atoms with Crippen molar-refractivity contribution < 1.29 is 22.7 Å². The molecule has 3 heterocycles. The van der Waals surface area contributed by atoms with Gasteiger partial charge in [-0.05, 0) is 51.8 Å². The van der Waals surface area contributed by atoms with E-state index in [1.54, 1.807) is 23.0 Å². The molecule has 176 valence electrons. The molecule has 4 rings (SSSR count). The fourth-order valence-corrected chi connectivity index (χ4v) is 5.23. The molecule has 0 bridgehead atoms. The van der Waals surface area contributed by atoms with E-state index in [1.165, 1.54) is 19.1 Å². The first kappa shape index (κ1) is 23.0. The molecule has 1 saturated heterocycles. The number of carbonyl (C=O) groups is 2. The third kappa shape index (κ3) is 4.63. The topological polar surface area (TPSA) is 123 Å². The summed E-state index contributed by atoms with van der Waals surface area (Å²) in [5.41, 5.74) is 0.559. The van der Waals surface area contributed by atoms with Crippen molar-refractivity contribution in [3.05, 3.63) is 36.0 Å². The Morgan fingerprint density at radius 2 is 1.91 bits per heavy atom. The van der Waals surface area contributed by atoms with Crippen LogP contribution in [-0.2, 0) is 19.6 Å². The van der Waals surface area contributed by atoms with E-state index < -0.39 is 28.0 Å². The van der Waals surface area contributed by atoms with E-state index in [0.29, 0.717) is 30.3 Å². The molecule has 0 saturated carbocycles. The van der Waals surface area contributed by atoms with Gasteiger partial charge in [0.1, 0.15) is 16.5 Å². The Hall–Kier alpha value is -3.21. The third-order valence-corrected chi connectivity index (χ3v) is 6.98. The highest BCUT2D eigenvalue weighted by molar-refractivity contribution is 7.90. The van der Waals surface area contributed by atoms with E-state index in [4.69, 9.17) is 4.74 Å². The molecular formula is C22H27N5O5S. The molecule has 1 aromatic heterocycles. The van der Waals surface area contributed by atoms with E-state index in [-0.39, 0.29) is 16.5 Å². The quantitative estimate of drug-likeness (QED) is 0.662. The summed E-state index contributed by atoms with van der Waals surface area (Å²) in [7, 11) is -3.93. The Balaban J connectivity index is 1.51. The number of sulfonamides is 1. The molecule has 10 nitrogen and oxygen atoms in total. The molecular weight excluding hydrogens is 446 g/mol. The van der Waals surface area contributed by atoms with Crippen molar-refractivity contribution in [2.45, 2.75) is 63.5 Å². The number of nitrogens with zero attached hydrogens (tertiary/aromatic N) is 4. The number of ether oxygens (including phenoxy) is 1. The smallest absolute Gasteiger partial charge is 0.338 e. The highest BCUT2D eigenvalue weighted by Crippen LogP contribution is 2.35. The van der Waals surface area contributed by atoms with Gasteiger partial charge in [0, 0.05) is 25.1 Å². The van der Waals surface area contributed by atoms with E-state index in [0.717, 1.165) is 19.3 Å². The normalized spacial score (nSPS) is 17.9. The second-order valence-corrected chi connectivity index (χ2v) is 9.99. The van der Waals surface area contributed by atoms with E-state index in [2.05, 4.69) is 14.8 Å². The van der Waals surface area contributed by atoms with Gasteiger partial charge >= 0.3 is 5.97 Å². The van der Waals surface area contributed by atoms with Gasteiger partial charge in [0.2, 0.25) is 0 Å². The molecule has 2 aliphatic rings. The lowest BCUT2D eigenvalue weighted by molar-refractivity contribution is -0.123. The number of amidine groups is 1. The lowest BCUT2D eigenvalue weighted by atomic mass is 10.1. The van der Waals surface area contributed by atoms with Crippen LogP contribution < -0.4 is 10.2 Å². The molecule has 33 heavy (non-hydrogen) atoms. The molecule has 0 radical (unpaired) electrons. The summed E-state index contributed by atoms with van der Waals surface area (Å²) in [4.78, 5) is 27.1. The molecule has 0 spiro atoms. The largest absolute Gasteiger partial charge is 0.449 e. The second kappa shape index (κ2) is 8.97. The van der Waals surface area contributed by atoms with Gasteiger partial charge in [-0.2, -0.15) is 13.5 Å². The Bertz CT molecular complexity index is 1220. The molecule has 2 aliphatic heterocycles. The summed E-state index contributed by atoms with van der Waals surface area (Å²) < 4.78 is 36.5. The summed E-state index contributed by atoms with van der Waals surface area (Å²) in [6.07, 6.45) is 3.90. The first-order chi connectivity index (χ1) is 15.7. The minimum atomic E-state index is -3.93. The van der Waals surface area contributed by atoms with Crippen LogP contribution in [0.1, 0.15) is 62.9 Å². The van der Waals surface area contributed by atoms with Crippen molar-refractivity contribution >= 4 is 39.2 Å². The van der Waals surface area contributed by atoms with Crippen molar-refractivity contribution in [1.82, 2.24) is 9.78 Å². The SMILES string of the molecule is CC(OC(=O)c1ccc2c(c1)S(=O)(=O)N=C1CCCCCN12)C(=O)Nc1ccnn1C(C)C. The van der Waals surface area contributed by atoms with Crippen molar-refractivity contribution in [2.24, 2.45) is 4.40 Å². The maximum Gasteiger partial charge on any atom is 0.338 e. The number of esters is 1. The maximum absolute atomic E-state index is 12.8. The number of carbonyl (C=O) groups excluding carboxylic acids is 2. The highest BCUT2D eigenvalue weighted by Gasteiger charge is 2.32. The van der Waals surface area contributed by atoms with Gasteiger partial charge in [-0.1, -0.05) is 6.42 Å². The maximum atomic E-state index is 12.8. The monoisotopic (exact) mass is 473 g/mol. The van der Waals surface area contributed by atoms with Gasteiger partial charge in [-0.25, -0.2) is 9.48 Å². The predicted molar refractivity (Wildman–Crippen MR) is 123 cm³/mol. The molecule has 2 aromatic rings. The number of rotatable bonds is 5. The molecule has 1 atom stereocenters. The summed E-state index contributed by atoms with van der Waals surface area (Å²) >= 11 is 0. The zero-order valence-corrected chi connectivity index (χ0v) is 19.6. The van der Waals surface area contributed by atoms with Crippen LogP contribution in [0, 0.1) is 0 Å². The second-order valence-electron chi connectivity index (χ2n) is 8.42. The first-order valence-electron chi connectivity index (χ1n) is 11.0. The van der Waals surface area contributed by atoms with E-state index >= 15 is 0 Å². The van der Waals surface area contributed by atoms with Crippen molar-refractivity contribution in [2.75, 3.05) is 16.8 Å². The molecule has 1 fully saturated rings. The Morgan fingerprint density at radius 1 is 1.12 bits per heavy atom. The van der Waals surface area contributed by atoms with Crippen LogP contribution in [0.3, 0.4) is 0 Å². The Morgan fingerprint density at radius 3 is 2.67 bits per heavy atom. The molecule has 1 N–H and O–H groups in total. The number of fused-ring (bicyclic) bond motifs is 3. The minimum Gasteiger partial charge on any atom is -0.449 e. The number of aromatic nitrogens is 2. The van der Waals surface area contributed by atoms with Gasteiger partial charge < -0.3 is 15.0 Å². The number of amides is 1. The van der Waals surface area contributed by atoms with E-state index in [9.17, 15) is 18.0 Å². The molecule has 0 aliphatic carbocycles. The number of anilines is 2. The van der Waals surface area contributed by atoms with Crippen molar-refractivity contribution in [3.63, 3.8) is 0 Å². The fourth-order valence-electron chi connectivity index (χ4n) is 3.94. The molecule has 1 amide bonds. The van der Waals surface area contributed by atoms with Gasteiger partial charge in [0.15, 0.2) is 6.10 Å². The zero-order valence-electron chi connectivity index (χ0n) is 18.8. The average molecular weight is 474 g/mol. The van der Waals surface area contributed by atoms with Crippen LogP contribution in [0.4, 0.5) is 11.5 Å². The van der Waals surface area contributed by atoms with Crippen LogP contribution in [0.15, 0.2) is 39.8 Å². The van der Waals surface area contributed by atoms with Gasteiger partial charge in [0.05, 0.1) is 17.4 Å². The Labute approximate surface area is 192 Å². The lowest BCUT2D eigenvalue weighted by Crippen LogP contribution is -2.35. The Kier molecular flexibility index (Phi) is 6.24. The lowest BCUT2D eigenvalue weighted by Gasteiger charge is -2.29. The van der Waals surface area contributed by atoms with Crippen molar-refractivity contribution in [1.29, 1.82) is 0 Å². The number of nitrogens with one attached hydrogen (secondary N) is 1. The number of hydrogen-bond acceptors (Lipinski definition) is 7.